The number of aromatic nitrogens is 4. The highest BCUT2D eigenvalue weighted by Gasteiger charge is 2.25. The fraction of sp³-hybridized carbons (Fsp3) is 0.462. The summed E-state index contributed by atoms with van der Waals surface area (Å²) in [5, 5.41) is 0. The van der Waals surface area contributed by atoms with Crippen molar-refractivity contribution >= 4 is 22.1 Å². The first-order valence-electron chi connectivity index (χ1n) is 11.8. The molecule has 4 rings (SSSR count). The second kappa shape index (κ2) is 9.33. The zero-order valence-electron chi connectivity index (χ0n) is 19.6. The summed E-state index contributed by atoms with van der Waals surface area (Å²) in [5.41, 5.74) is 10.9. The van der Waals surface area contributed by atoms with Crippen LogP contribution in [0.4, 0.5) is 0 Å². The summed E-state index contributed by atoms with van der Waals surface area (Å²) in [6.07, 6.45) is 3.69. The van der Waals surface area contributed by atoms with E-state index in [4.69, 9.17) is 10.7 Å². The van der Waals surface area contributed by atoms with Crippen molar-refractivity contribution in [3.63, 3.8) is 0 Å². The van der Waals surface area contributed by atoms with Gasteiger partial charge in [0.15, 0.2) is 0 Å². The lowest BCUT2D eigenvalue weighted by atomic mass is 10.0. The maximum absolute atomic E-state index is 13.7. The Balaban J connectivity index is 1.90. The van der Waals surface area contributed by atoms with E-state index < -0.39 is 0 Å². The zero-order valence-corrected chi connectivity index (χ0v) is 19.6. The van der Waals surface area contributed by atoms with Gasteiger partial charge in [-0.15, -0.1) is 0 Å². The van der Waals surface area contributed by atoms with Crippen molar-refractivity contribution in [3.8, 4) is 0 Å². The molecule has 0 fully saturated rings. The molecular formula is C26H35N5O. The second-order valence-electron chi connectivity index (χ2n) is 9.42. The maximum Gasteiger partial charge on any atom is 0.330 e. The molecule has 3 N–H and O–H groups in total. The van der Waals surface area contributed by atoms with Crippen LogP contribution >= 0.6 is 0 Å². The van der Waals surface area contributed by atoms with E-state index in [9.17, 15) is 4.79 Å². The van der Waals surface area contributed by atoms with Crippen LogP contribution < -0.4 is 11.4 Å². The first-order valence-corrected chi connectivity index (χ1v) is 11.8. The lowest BCUT2D eigenvalue weighted by molar-refractivity contribution is 0.438. The molecule has 0 radical (unpaired) electrons. The summed E-state index contributed by atoms with van der Waals surface area (Å²) in [7, 11) is 0. The van der Waals surface area contributed by atoms with Gasteiger partial charge in [-0.05, 0) is 75.8 Å². The molecule has 2 aromatic carbocycles. The summed E-state index contributed by atoms with van der Waals surface area (Å²) < 4.78 is 3.85. The van der Waals surface area contributed by atoms with E-state index in [2.05, 4.69) is 50.9 Å². The maximum atomic E-state index is 13.7. The molecule has 0 aliphatic carbocycles. The van der Waals surface area contributed by atoms with Gasteiger partial charge in [0, 0.05) is 6.04 Å². The van der Waals surface area contributed by atoms with Crippen molar-refractivity contribution < 1.29 is 0 Å². The summed E-state index contributed by atoms with van der Waals surface area (Å²) in [5.74, 6) is 1.39. The van der Waals surface area contributed by atoms with Crippen molar-refractivity contribution in [2.75, 3.05) is 6.54 Å². The van der Waals surface area contributed by atoms with Crippen LogP contribution in [0.15, 0.2) is 47.3 Å². The second-order valence-corrected chi connectivity index (χ2v) is 9.42. The number of aromatic amines is 1. The molecule has 1 unspecified atom stereocenters. The number of nitrogens with two attached hydrogens (primary N) is 1. The van der Waals surface area contributed by atoms with E-state index >= 15 is 0 Å². The minimum Gasteiger partial charge on any atom is -0.340 e. The van der Waals surface area contributed by atoms with E-state index in [0.717, 1.165) is 53.6 Å². The first kappa shape index (κ1) is 22.3. The van der Waals surface area contributed by atoms with Crippen LogP contribution in [0.3, 0.4) is 0 Å². The Morgan fingerprint density at radius 1 is 0.969 bits per heavy atom. The molecule has 2 heterocycles. The predicted octanol–water partition coefficient (Wildman–Crippen LogP) is 5.18. The van der Waals surface area contributed by atoms with E-state index in [1.165, 1.54) is 5.56 Å². The fourth-order valence-corrected chi connectivity index (χ4v) is 4.64. The highest BCUT2D eigenvalue weighted by Crippen LogP contribution is 2.30. The Morgan fingerprint density at radius 2 is 1.69 bits per heavy atom. The van der Waals surface area contributed by atoms with Gasteiger partial charge in [-0.25, -0.2) is 9.78 Å². The molecule has 2 aromatic heterocycles. The van der Waals surface area contributed by atoms with Gasteiger partial charge < -0.3 is 10.7 Å². The minimum atomic E-state index is -0.149. The van der Waals surface area contributed by atoms with Crippen LogP contribution in [-0.4, -0.2) is 25.6 Å². The van der Waals surface area contributed by atoms with Crippen LogP contribution in [0.2, 0.25) is 0 Å². The molecular weight excluding hydrogens is 398 g/mol. The first-order chi connectivity index (χ1) is 15.4. The van der Waals surface area contributed by atoms with E-state index in [1.807, 2.05) is 33.4 Å². The number of imidazole rings is 2. The van der Waals surface area contributed by atoms with Crippen LogP contribution in [0.25, 0.3) is 22.1 Å². The van der Waals surface area contributed by atoms with Gasteiger partial charge in [-0.1, -0.05) is 38.1 Å². The van der Waals surface area contributed by atoms with Gasteiger partial charge in [0.2, 0.25) is 0 Å². The van der Waals surface area contributed by atoms with Crippen molar-refractivity contribution in [1.29, 1.82) is 0 Å². The van der Waals surface area contributed by atoms with Crippen molar-refractivity contribution in [1.82, 2.24) is 19.1 Å². The number of para-hydroxylation sites is 3. The monoisotopic (exact) mass is 433 g/mol. The number of benzene rings is 2. The van der Waals surface area contributed by atoms with Gasteiger partial charge in [-0.3, -0.25) is 9.13 Å². The number of nitrogens with one attached hydrogen (secondary N) is 1. The quantitative estimate of drug-likeness (QED) is 0.382. The molecule has 0 aliphatic rings. The van der Waals surface area contributed by atoms with Gasteiger partial charge >= 0.3 is 5.69 Å². The third-order valence-electron chi connectivity index (χ3n) is 6.24. The standard InChI is InChI=1S/C26H35N5O/c1-17(2)14-15-23(25-28-20-11-7-9-19(10-8-16-27)24(20)29-25)31-22-13-6-5-12-21(22)30(18(3)4)26(31)32/h5-7,9,11-13,17-18,23H,8,10,14-16,27H2,1-4H3,(H,28,29). The average molecular weight is 434 g/mol. The Kier molecular flexibility index (Phi) is 6.51. The number of rotatable bonds is 9. The lowest BCUT2D eigenvalue weighted by Gasteiger charge is -2.18. The lowest BCUT2D eigenvalue weighted by Crippen LogP contribution is -2.29. The molecule has 0 saturated heterocycles. The zero-order chi connectivity index (χ0) is 22.8. The van der Waals surface area contributed by atoms with Crippen molar-refractivity contribution in [2.45, 2.75) is 65.5 Å². The van der Waals surface area contributed by atoms with Crippen LogP contribution in [-0.2, 0) is 6.42 Å². The van der Waals surface area contributed by atoms with E-state index in [-0.39, 0.29) is 17.8 Å². The molecule has 170 valence electrons. The molecule has 0 bridgehead atoms. The highest BCUT2D eigenvalue weighted by atomic mass is 16.1. The molecule has 0 amide bonds. The fourth-order valence-electron chi connectivity index (χ4n) is 4.64. The molecule has 1 atom stereocenters. The molecule has 0 saturated carbocycles. The number of nitrogens with zero attached hydrogens (tertiary/aromatic N) is 3. The smallest absolute Gasteiger partial charge is 0.330 e. The predicted molar refractivity (Wildman–Crippen MR) is 132 cm³/mol. The summed E-state index contributed by atoms with van der Waals surface area (Å²) in [4.78, 5) is 22.3. The molecule has 0 aliphatic heterocycles. The Morgan fingerprint density at radius 3 is 2.34 bits per heavy atom. The Labute approximate surface area is 189 Å². The topological polar surface area (TPSA) is 81.6 Å². The number of H-pyrrole nitrogens is 1. The molecule has 6 nitrogen and oxygen atoms in total. The molecule has 6 heteroatoms. The van der Waals surface area contributed by atoms with Gasteiger partial charge in [0.05, 0.1) is 28.1 Å². The van der Waals surface area contributed by atoms with Gasteiger partial charge in [0.25, 0.3) is 0 Å². The molecule has 32 heavy (non-hydrogen) atoms. The third-order valence-corrected chi connectivity index (χ3v) is 6.24. The largest absolute Gasteiger partial charge is 0.340 e. The van der Waals surface area contributed by atoms with Crippen molar-refractivity contribution in [2.24, 2.45) is 11.7 Å². The number of aryl methyl sites for hydroxylation is 1. The summed E-state index contributed by atoms with van der Waals surface area (Å²) in [6.45, 7) is 9.23. The van der Waals surface area contributed by atoms with Gasteiger partial charge in [0.1, 0.15) is 5.82 Å². The number of hydrogen-bond donors (Lipinski definition) is 2. The SMILES string of the molecule is CC(C)CCC(c1nc2c(CCCN)cccc2[nH]1)n1c(=O)n(C(C)C)c2ccccc21. The third kappa shape index (κ3) is 4.11. The van der Waals surface area contributed by atoms with E-state index in [1.54, 1.807) is 0 Å². The van der Waals surface area contributed by atoms with Crippen LogP contribution in [0.1, 0.15) is 70.4 Å². The van der Waals surface area contributed by atoms with Crippen LogP contribution in [0.5, 0.6) is 0 Å². The molecule has 0 spiro atoms. The highest BCUT2D eigenvalue weighted by molar-refractivity contribution is 5.79. The number of fused-ring (bicyclic) bond motifs is 2. The van der Waals surface area contributed by atoms with Crippen molar-refractivity contribution in [3.05, 3.63) is 64.3 Å². The number of hydrogen-bond acceptors (Lipinski definition) is 3. The molecule has 4 aromatic rings. The normalized spacial score (nSPS) is 13.1. The summed E-state index contributed by atoms with van der Waals surface area (Å²) >= 11 is 0. The minimum absolute atomic E-state index is 0.0266. The van der Waals surface area contributed by atoms with E-state index in [0.29, 0.717) is 12.5 Å². The Bertz CT molecular complexity index is 1260. The Hall–Kier alpha value is -2.86. The average Bonchev–Trinajstić information content (AvgIpc) is 3.32. The van der Waals surface area contributed by atoms with Gasteiger partial charge in [-0.2, -0.15) is 0 Å². The summed E-state index contributed by atoms with van der Waals surface area (Å²) in [6, 6.07) is 14.3. The van der Waals surface area contributed by atoms with Crippen LogP contribution in [0, 0.1) is 5.92 Å².